The molecule has 1 aliphatic rings. The zero-order chi connectivity index (χ0) is 25.1. The second-order valence-corrected chi connectivity index (χ2v) is 22.8. The number of rotatable bonds is 5. The van der Waals surface area contributed by atoms with Crippen LogP contribution < -0.4 is 0 Å². The predicted molar refractivity (Wildman–Crippen MR) is 147 cm³/mol. The van der Waals surface area contributed by atoms with Gasteiger partial charge in [-0.05, 0) is 43.2 Å². The van der Waals surface area contributed by atoms with Crippen molar-refractivity contribution in [3.8, 4) is 0 Å². The summed E-state index contributed by atoms with van der Waals surface area (Å²) in [7, 11) is -4.24. The third kappa shape index (κ3) is 5.22. The Bertz CT molecular complexity index is 1020. The van der Waals surface area contributed by atoms with Crippen LogP contribution in [0.1, 0.15) is 54.7 Å². The third-order valence-corrected chi connectivity index (χ3v) is 17.5. The lowest BCUT2D eigenvalue weighted by Crippen LogP contribution is -2.53. The van der Waals surface area contributed by atoms with Crippen molar-refractivity contribution < 1.29 is 13.6 Å². The number of ether oxygens (including phenoxy) is 1. The highest BCUT2D eigenvalue weighted by Crippen LogP contribution is 2.46. The maximum Gasteiger partial charge on any atom is 0.192 e. The molecule has 0 aliphatic carbocycles. The Morgan fingerprint density at radius 1 is 0.970 bits per heavy atom. The van der Waals surface area contributed by atoms with E-state index >= 15 is 0 Å². The van der Waals surface area contributed by atoms with Gasteiger partial charge in [-0.25, -0.2) is 15.0 Å². The molecule has 3 rings (SSSR count). The number of hydrogen-bond acceptors (Lipinski definition) is 6. The Morgan fingerprint density at radius 3 is 2.00 bits per heavy atom. The Kier molecular flexibility index (Phi) is 7.56. The molecule has 1 saturated heterocycles. The number of hydrogen-bond donors (Lipinski definition) is 0. The zero-order valence-corrected chi connectivity index (χ0v) is 26.6. The van der Waals surface area contributed by atoms with Gasteiger partial charge >= 0.3 is 0 Å². The zero-order valence-electron chi connectivity index (χ0n) is 21.7. The van der Waals surface area contributed by atoms with E-state index in [0.717, 1.165) is 3.83 Å². The van der Waals surface area contributed by atoms with Crippen molar-refractivity contribution in [2.75, 3.05) is 0 Å². The SMILES string of the molecule is C[C@H]1O[C@@H](n2c(I)nc3c(Cl)ncnc32)[C@H](O[Si](C)(C)C(C)(C)C)[C@@H]1O[Si](C)(C)C(C)(C)C. The first-order chi connectivity index (χ1) is 14.9. The summed E-state index contributed by atoms with van der Waals surface area (Å²) in [4.78, 5) is 13.2. The molecule has 0 saturated carbocycles. The van der Waals surface area contributed by atoms with Crippen molar-refractivity contribution in [1.82, 2.24) is 19.5 Å². The maximum atomic E-state index is 7.06. The van der Waals surface area contributed by atoms with Gasteiger partial charge in [0.2, 0.25) is 0 Å². The fraction of sp³-hybridized carbons (Fsp3) is 0.773. The van der Waals surface area contributed by atoms with Crippen LogP contribution in [0.3, 0.4) is 0 Å². The molecule has 4 atom stereocenters. The van der Waals surface area contributed by atoms with E-state index < -0.39 is 22.9 Å². The molecule has 0 N–H and O–H groups in total. The van der Waals surface area contributed by atoms with E-state index in [-0.39, 0.29) is 28.4 Å². The minimum absolute atomic E-state index is 0.0422. The van der Waals surface area contributed by atoms with Crippen molar-refractivity contribution >= 4 is 62.0 Å². The van der Waals surface area contributed by atoms with Gasteiger partial charge in [0.25, 0.3) is 0 Å². The van der Waals surface area contributed by atoms with Crippen LogP contribution in [0.5, 0.6) is 0 Å². The maximum absolute atomic E-state index is 7.06. The first-order valence-electron chi connectivity index (χ1n) is 11.4. The summed E-state index contributed by atoms with van der Waals surface area (Å²) in [6, 6.07) is 0. The number of halogens is 2. The van der Waals surface area contributed by atoms with Gasteiger partial charge in [-0.1, -0.05) is 53.1 Å². The normalized spacial score (nSPS) is 25.2. The van der Waals surface area contributed by atoms with Gasteiger partial charge in [0, 0.05) is 22.6 Å². The molecule has 0 radical (unpaired) electrons. The standard InChI is InChI=1S/C22H38ClIN4O3Si2/c1-13-15(30-32(8,9)21(2,3)4)16(31-33(10,11)22(5,6)7)19(29-13)28-18-14(27-20(28)24)17(23)25-12-26-18/h12-13,15-16,19H,1-11H3/t13-,15-,16-,19-/m1/s1. The fourth-order valence-electron chi connectivity index (χ4n) is 3.41. The quantitative estimate of drug-likeness (QED) is 0.158. The minimum atomic E-state index is -2.15. The summed E-state index contributed by atoms with van der Waals surface area (Å²) in [5.74, 6) is 0. The molecule has 0 spiro atoms. The molecular formula is C22H38ClIN4O3Si2. The van der Waals surface area contributed by atoms with Crippen molar-refractivity contribution in [2.24, 2.45) is 0 Å². The van der Waals surface area contributed by atoms with Crippen LogP contribution in [0.15, 0.2) is 6.33 Å². The van der Waals surface area contributed by atoms with Crippen LogP contribution in [0.4, 0.5) is 0 Å². The number of nitrogens with zero attached hydrogens (tertiary/aromatic N) is 4. The highest BCUT2D eigenvalue weighted by atomic mass is 127. The van der Waals surface area contributed by atoms with E-state index in [4.69, 9.17) is 25.2 Å². The predicted octanol–water partition coefficient (Wildman–Crippen LogP) is 6.78. The molecular weight excluding hydrogens is 587 g/mol. The van der Waals surface area contributed by atoms with E-state index in [2.05, 4.69) is 112 Å². The number of aromatic nitrogens is 4. The monoisotopic (exact) mass is 624 g/mol. The van der Waals surface area contributed by atoms with Gasteiger partial charge < -0.3 is 13.6 Å². The largest absolute Gasteiger partial charge is 0.409 e. The van der Waals surface area contributed by atoms with Crippen LogP contribution in [-0.4, -0.2) is 54.5 Å². The summed E-state index contributed by atoms with van der Waals surface area (Å²) in [5.41, 5.74) is 1.22. The summed E-state index contributed by atoms with van der Waals surface area (Å²) < 4.78 is 23.3. The molecule has 11 heteroatoms. The lowest BCUT2D eigenvalue weighted by molar-refractivity contribution is -0.0275. The molecule has 186 valence electrons. The molecule has 33 heavy (non-hydrogen) atoms. The molecule has 0 amide bonds. The minimum Gasteiger partial charge on any atom is -0.409 e. The highest BCUT2D eigenvalue weighted by molar-refractivity contribution is 14.1. The Labute approximate surface area is 218 Å². The lowest BCUT2D eigenvalue weighted by Gasteiger charge is -2.44. The van der Waals surface area contributed by atoms with Crippen molar-refractivity contribution in [3.05, 3.63) is 15.3 Å². The van der Waals surface area contributed by atoms with Crippen molar-refractivity contribution in [1.29, 1.82) is 0 Å². The molecule has 7 nitrogen and oxygen atoms in total. The third-order valence-electron chi connectivity index (χ3n) is 7.54. The summed E-state index contributed by atoms with van der Waals surface area (Å²) in [6.07, 6.45) is 0.395. The van der Waals surface area contributed by atoms with Crippen LogP contribution in [-0.2, 0) is 13.6 Å². The van der Waals surface area contributed by atoms with Gasteiger partial charge in [-0.3, -0.25) is 4.57 Å². The van der Waals surface area contributed by atoms with Gasteiger partial charge in [-0.15, -0.1) is 0 Å². The van der Waals surface area contributed by atoms with Gasteiger partial charge in [0.15, 0.2) is 37.5 Å². The molecule has 1 aliphatic heterocycles. The molecule has 0 bridgehead atoms. The van der Waals surface area contributed by atoms with Crippen LogP contribution in [0.2, 0.25) is 41.4 Å². The average Bonchev–Trinajstić information content (AvgIpc) is 3.11. The Balaban J connectivity index is 2.12. The molecule has 0 aromatic carbocycles. The summed E-state index contributed by atoms with van der Waals surface area (Å²) in [5, 5.41) is 0.447. The second-order valence-electron chi connectivity index (χ2n) is 12.0. The average molecular weight is 625 g/mol. The molecule has 3 heterocycles. The fourth-order valence-corrected chi connectivity index (χ4v) is 6.97. The highest BCUT2D eigenvalue weighted by Gasteiger charge is 2.53. The topological polar surface area (TPSA) is 71.3 Å². The summed E-state index contributed by atoms with van der Waals surface area (Å²) >= 11 is 8.54. The van der Waals surface area contributed by atoms with E-state index in [1.165, 1.54) is 6.33 Å². The molecule has 1 fully saturated rings. The van der Waals surface area contributed by atoms with Gasteiger partial charge in [-0.2, -0.15) is 0 Å². The molecule has 2 aromatic heterocycles. The van der Waals surface area contributed by atoms with E-state index in [1.54, 1.807) is 0 Å². The smallest absolute Gasteiger partial charge is 0.192 e. The summed E-state index contributed by atoms with van der Waals surface area (Å²) in [6.45, 7) is 24.7. The van der Waals surface area contributed by atoms with Gasteiger partial charge in [0.05, 0.1) is 6.10 Å². The van der Waals surface area contributed by atoms with E-state index in [1.807, 2.05) is 4.57 Å². The van der Waals surface area contributed by atoms with E-state index in [0.29, 0.717) is 16.3 Å². The van der Waals surface area contributed by atoms with Crippen molar-refractivity contribution in [2.45, 2.75) is 109 Å². The van der Waals surface area contributed by atoms with Crippen LogP contribution in [0, 0.1) is 3.83 Å². The van der Waals surface area contributed by atoms with E-state index in [9.17, 15) is 0 Å². The van der Waals surface area contributed by atoms with Crippen LogP contribution >= 0.6 is 34.2 Å². The first-order valence-corrected chi connectivity index (χ1v) is 18.7. The second kappa shape index (κ2) is 9.08. The Hall–Kier alpha value is -0.116. The molecule has 0 unspecified atom stereocenters. The Morgan fingerprint density at radius 2 is 1.48 bits per heavy atom. The van der Waals surface area contributed by atoms with Gasteiger partial charge in [0.1, 0.15) is 24.1 Å². The van der Waals surface area contributed by atoms with Crippen molar-refractivity contribution in [3.63, 3.8) is 0 Å². The first kappa shape index (κ1) is 27.5. The van der Waals surface area contributed by atoms with Crippen LogP contribution in [0.25, 0.3) is 11.2 Å². The lowest BCUT2D eigenvalue weighted by atomic mass is 10.1. The number of imidazole rings is 1. The number of fused-ring (bicyclic) bond motifs is 1. The molecule has 2 aromatic rings.